The number of ether oxygens (including phenoxy) is 1. The summed E-state index contributed by atoms with van der Waals surface area (Å²) >= 11 is 0. The Morgan fingerprint density at radius 2 is 2.06 bits per heavy atom. The molecule has 0 aliphatic rings. The Bertz CT molecular complexity index is 326. The SMILES string of the molecule is CC(C)CCCNc1nccc(OC(C)C)n1. The second-order valence-corrected chi connectivity index (χ2v) is 4.85. The molecular weight excluding hydrogens is 214 g/mol. The molecule has 0 bridgehead atoms. The van der Waals surface area contributed by atoms with Gasteiger partial charge < -0.3 is 10.1 Å². The minimum Gasteiger partial charge on any atom is -0.475 e. The molecule has 0 spiro atoms. The molecule has 0 aromatic carbocycles. The van der Waals surface area contributed by atoms with E-state index in [1.54, 1.807) is 12.3 Å². The van der Waals surface area contributed by atoms with Crippen LogP contribution in [0.15, 0.2) is 12.3 Å². The average molecular weight is 237 g/mol. The number of anilines is 1. The number of rotatable bonds is 7. The lowest BCUT2D eigenvalue weighted by Gasteiger charge is -2.10. The van der Waals surface area contributed by atoms with Gasteiger partial charge in [0.05, 0.1) is 6.10 Å². The van der Waals surface area contributed by atoms with Crippen molar-refractivity contribution >= 4 is 5.95 Å². The third-order valence-electron chi connectivity index (χ3n) is 2.23. The molecule has 17 heavy (non-hydrogen) atoms. The van der Waals surface area contributed by atoms with Crippen LogP contribution < -0.4 is 10.1 Å². The second kappa shape index (κ2) is 7.09. The summed E-state index contributed by atoms with van der Waals surface area (Å²) in [6.45, 7) is 9.33. The molecule has 1 aromatic rings. The van der Waals surface area contributed by atoms with Gasteiger partial charge in [-0.15, -0.1) is 0 Å². The highest BCUT2D eigenvalue weighted by atomic mass is 16.5. The van der Waals surface area contributed by atoms with E-state index in [0.29, 0.717) is 11.8 Å². The van der Waals surface area contributed by atoms with Crippen molar-refractivity contribution < 1.29 is 4.74 Å². The number of nitrogens with one attached hydrogen (secondary N) is 1. The Kier molecular flexibility index (Phi) is 5.73. The first kappa shape index (κ1) is 13.7. The zero-order valence-electron chi connectivity index (χ0n) is 11.2. The van der Waals surface area contributed by atoms with Crippen LogP contribution in [0, 0.1) is 5.92 Å². The summed E-state index contributed by atoms with van der Waals surface area (Å²) in [5, 5.41) is 3.21. The smallest absolute Gasteiger partial charge is 0.225 e. The summed E-state index contributed by atoms with van der Waals surface area (Å²) in [7, 11) is 0. The summed E-state index contributed by atoms with van der Waals surface area (Å²) in [6, 6.07) is 1.78. The summed E-state index contributed by atoms with van der Waals surface area (Å²) in [6.07, 6.45) is 4.21. The number of hydrogen-bond donors (Lipinski definition) is 1. The fourth-order valence-corrected chi connectivity index (χ4v) is 1.44. The van der Waals surface area contributed by atoms with Crippen LogP contribution in [0.25, 0.3) is 0 Å². The van der Waals surface area contributed by atoms with Gasteiger partial charge in [-0.05, 0) is 32.6 Å². The lowest BCUT2D eigenvalue weighted by molar-refractivity contribution is 0.232. The third-order valence-corrected chi connectivity index (χ3v) is 2.23. The molecule has 0 saturated carbocycles. The van der Waals surface area contributed by atoms with Crippen LogP contribution in [0.3, 0.4) is 0 Å². The summed E-state index contributed by atoms with van der Waals surface area (Å²) < 4.78 is 5.51. The number of hydrogen-bond acceptors (Lipinski definition) is 4. The van der Waals surface area contributed by atoms with E-state index in [4.69, 9.17) is 4.74 Å². The van der Waals surface area contributed by atoms with E-state index in [-0.39, 0.29) is 6.10 Å². The molecule has 0 atom stereocenters. The first-order chi connectivity index (χ1) is 8.08. The predicted octanol–water partition coefficient (Wildman–Crippen LogP) is 3.11. The fourth-order valence-electron chi connectivity index (χ4n) is 1.44. The van der Waals surface area contributed by atoms with Crippen molar-refractivity contribution in [1.82, 2.24) is 9.97 Å². The largest absolute Gasteiger partial charge is 0.475 e. The molecule has 0 fully saturated rings. The van der Waals surface area contributed by atoms with Crippen LogP contribution in [0.1, 0.15) is 40.5 Å². The molecule has 1 rings (SSSR count). The standard InChI is InChI=1S/C13H23N3O/c1-10(2)6-5-8-14-13-15-9-7-12(16-13)17-11(3)4/h7,9-11H,5-6,8H2,1-4H3,(H,14,15,16). The molecule has 0 saturated heterocycles. The van der Waals surface area contributed by atoms with Gasteiger partial charge in [-0.1, -0.05) is 13.8 Å². The van der Waals surface area contributed by atoms with Gasteiger partial charge in [0.15, 0.2) is 0 Å². The maximum Gasteiger partial charge on any atom is 0.225 e. The average Bonchev–Trinajstić information content (AvgIpc) is 2.24. The molecule has 1 heterocycles. The molecule has 0 aliphatic carbocycles. The maximum absolute atomic E-state index is 5.51. The molecule has 0 aliphatic heterocycles. The molecule has 4 nitrogen and oxygen atoms in total. The van der Waals surface area contributed by atoms with Gasteiger partial charge in [-0.2, -0.15) is 4.98 Å². The van der Waals surface area contributed by atoms with Crippen LogP contribution in [-0.4, -0.2) is 22.6 Å². The van der Waals surface area contributed by atoms with E-state index < -0.39 is 0 Å². The zero-order valence-corrected chi connectivity index (χ0v) is 11.2. The molecule has 4 heteroatoms. The van der Waals surface area contributed by atoms with Gasteiger partial charge in [0.2, 0.25) is 11.8 Å². The molecule has 1 aromatic heterocycles. The summed E-state index contributed by atoms with van der Waals surface area (Å²) in [5.41, 5.74) is 0. The Balaban J connectivity index is 2.37. The number of aromatic nitrogens is 2. The maximum atomic E-state index is 5.51. The van der Waals surface area contributed by atoms with E-state index in [9.17, 15) is 0 Å². The lowest BCUT2D eigenvalue weighted by atomic mass is 10.1. The van der Waals surface area contributed by atoms with Gasteiger partial charge in [0.25, 0.3) is 0 Å². The summed E-state index contributed by atoms with van der Waals surface area (Å²) in [4.78, 5) is 8.45. The quantitative estimate of drug-likeness (QED) is 0.740. The van der Waals surface area contributed by atoms with Crippen LogP contribution >= 0.6 is 0 Å². The molecule has 0 unspecified atom stereocenters. The van der Waals surface area contributed by atoms with Gasteiger partial charge in [0, 0.05) is 18.8 Å². The van der Waals surface area contributed by atoms with Crippen molar-refractivity contribution in [3.05, 3.63) is 12.3 Å². The Hall–Kier alpha value is -1.32. The van der Waals surface area contributed by atoms with E-state index >= 15 is 0 Å². The van der Waals surface area contributed by atoms with E-state index in [2.05, 4.69) is 29.1 Å². The van der Waals surface area contributed by atoms with Crippen molar-refractivity contribution in [2.75, 3.05) is 11.9 Å². The molecule has 96 valence electrons. The first-order valence-electron chi connectivity index (χ1n) is 6.31. The van der Waals surface area contributed by atoms with Crippen molar-refractivity contribution in [1.29, 1.82) is 0 Å². The van der Waals surface area contributed by atoms with Crippen molar-refractivity contribution in [2.24, 2.45) is 5.92 Å². The van der Waals surface area contributed by atoms with E-state index in [1.807, 2.05) is 13.8 Å². The first-order valence-corrected chi connectivity index (χ1v) is 6.31. The highest BCUT2D eigenvalue weighted by molar-refractivity contribution is 5.27. The van der Waals surface area contributed by atoms with E-state index in [0.717, 1.165) is 18.9 Å². The van der Waals surface area contributed by atoms with Gasteiger partial charge in [-0.3, -0.25) is 0 Å². The number of nitrogens with zero attached hydrogens (tertiary/aromatic N) is 2. The van der Waals surface area contributed by atoms with Crippen molar-refractivity contribution in [3.63, 3.8) is 0 Å². The zero-order chi connectivity index (χ0) is 12.7. The Labute approximate surface area is 104 Å². The predicted molar refractivity (Wildman–Crippen MR) is 70.4 cm³/mol. The van der Waals surface area contributed by atoms with Crippen LogP contribution in [0.4, 0.5) is 5.95 Å². The Morgan fingerprint density at radius 1 is 1.29 bits per heavy atom. The minimum absolute atomic E-state index is 0.138. The lowest BCUT2D eigenvalue weighted by Crippen LogP contribution is -2.10. The van der Waals surface area contributed by atoms with Gasteiger partial charge >= 0.3 is 0 Å². The van der Waals surface area contributed by atoms with Crippen molar-refractivity contribution in [2.45, 2.75) is 46.6 Å². The molecule has 0 amide bonds. The third kappa shape index (κ3) is 6.09. The molecule has 0 radical (unpaired) electrons. The van der Waals surface area contributed by atoms with Crippen LogP contribution in [0.5, 0.6) is 5.88 Å². The Morgan fingerprint density at radius 3 is 2.71 bits per heavy atom. The molecule has 1 N–H and O–H groups in total. The topological polar surface area (TPSA) is 47.0 Å². The molecular formula is C13H23N3O. The van der Waals surface area contributed by atoms with Crippen LogP contribution in [0.2, 0.25) is 0 Å². The fraction of sp³-hybridized carbons (Fsp3) is 0.692. The van der Waals surface area contributed by atoms with Crippen molar-refractivity contribution in [3.8, 4) is 5.88 Å². The summed E-state index contributed by atoms with van der Waals surface area (Å²) in [5.74, 6) is 2.02. The minimum atomic E-state index is 0.138. The highest BCUT2D eigenvalue weighted by Crippen LogP contribution is 2.10. The van der Waals surface area contributed by atoms with Gasteiger partial charge in [-0.25, -0.2) is 4.98 Å². The van der Waals surface area contributed by atoms with Gasteiger partial charge in [0.1, 0.15) is 0 Å². The second-order valence-electron chi connectivity index (χ2n) is 4.85. The highest BCUT2D eigenvalue weighted by Gasteiger charge is 2.02. The normalized spacial score (nSPS) is 10.9. The monoisotopic (exact) mass is 237 g/mol. The van der Waals surface area contributed by atoms with Crippen LogP contribution in [-0.2, 0) is 0 Å². The van der Waals surface area contributed by atoms with E-state index in [1.165, 1.54) is 6.42 Å².